The Morgan fingerprint density at radius 1 is 0.914 bits per heavy atom. The molecule has 0 heterocycles. The summed E-state index contributed by atoms with van der Waals surface area (Å²) < 4.78 is 62.1. The number of ether oxygens (including phenoxy) is 4. The molecule has 6 nitrogen and oxygen atoms in total. The molecule has 0 amide bonds. The number of carbonyl (C=O) groups is 1. The molecule has 0 aliphatic heterocycles. The van der Waals surface area contributed by atoms with E-state index in [0.29, 0.717) is 23.7 Å². The number of carboxylic acids is 1. The Morgan fingerprint density at radius 2 is 1.63 bits per heavy atom. The zero-order valence-corrected chi connectivity index (χ0v) is 19.2. The summed E-state index contributed by atoms with van der Waals surface area (Å²) in [5, 5.41) is 8.71. The number of hydrogen-bond acceptors (Lipinski definition) is 5. The average molecular weight is 490 g/mol. The predicted octanol–water partition coefficient (Wildman–Crippen LogP) is 6.51. The Kier molecular flexibility index (Phi) is 8.46. The summed E-state index contributed by atoms with van der Waals surface area (Å²) >= 11 is 0. The van der Waals surface area contributed by atoms with Crippen molar-refractivity contribution in [1.82, 2.24) is 0 Å². The van der Waals surface area contributed by atoms with Crippen molar-refractivity contribution in [2.75, 3.05) is 13.2 Å². The molecule has 3 rings (SSSR count). The summed E-state index contributed by atoms with van der Waals surface area (Å²) in [4.78, 5) is 10.6. The molecule has 0 radical (unpaired) electrons. The quantitative estimate of drug-likeness (QED) is 0.331. The maximum Gasteiger partial charge on any atom is 0.416 e. The molecule has 0 spiro atoms. The van der Waals surface area contributed by atoms with Gasteiger partial charge in [0, 0.05) is 6.42 Å². The van der Waals surface area contributed by atoms with E-state index in [9.17, 15) is 18.0 Å². The van der Waals surface area contributed by atoms with E-state index in [0.717, 1.165) is 17.7 Å². The smallest absolute Gasteiger partial charge is 0.416 e. The van der Waals surface area contributed by atoms with Crippen molar-refractivity contribution in [2.45, 2.75) is 32.5 Å². The molecule has 1 N–H and O–H groups in total. The third-order valence-corrected chi connectivity index (χ3v) is 4.86. The summed E-state index contributed by atoms with van der Waals surface area (Å²) in [5.41, 5.74) is -0.113. The zero-order valence-electron chi connectivity index (χ0n) is 19.2. The molecule has 9 heteroatoms. The van der Waals surface area contributed by atoms with Crippen LogP contribution in [0.2, 0.25) is 0 Å². The number of halogens is 3. The molecule has 0 fully saturated rings. The van der Waals surface area contributed by atoms with E-state index < -0.39 is 24.3 Å². The number of para-hydroxylation sites is 1. The van der Waals surface area contributed by atoms with E-state index >= 15 is 0 Å². The fraction of sp³-hybridized carbons (Fsp3) is 0.269. The molecule has 0 unspecified atom stereocenters. The molecule has 0 aliphatic carbocycles. The van der Waals surface area contributed by atoms with Crippen LogP contribution < -0.4 is 18.9 Å². The van der Waals surface area contributed by atoms with Crippen LogP contribution >= 0.6 is 0 Å². The van der Waals surface area contributed by atoms with Crippen molar-refractivity contribution >= 4 is 5.97 Å². The number of rotatable bonds is 11. The van der Waals surface area contributed by atoms with E-state index in [1.54, 1.807) is 62.4 Å². The number of alkyl halides is 3. The molecule has 1 atom stereocenters. The molecular formula is C26H25F3O6. The van der Waals surface area contributed by atoms with Crippen LogP contribution in [0.1, 0.15) is 24.5 Å². The lowest BCUT2D eigenvalue weighted by Gasteiger charge is -2.19. The molecule has 0 aromatic heterocycles. The van der Waals surface area contributed by atoms with Gasteiger partial charge < -0.3 is 24.1 Å². The summed E-state index contributed by atoms with van der Waals surface area (Å²) in [6.45, 7) is 3.40. The number of carboxylic acid groups (broad SMARTS) is 1. The third-order valence-electron chi connectivity index (χ3n) is 4.86. The van der Waals surface area contributed by atoms with E-state index in [1.165, 1.54) is 6.07 Å². The molecule has 0 saturated carbocycles. The van der Waals surface area contributed by atoms with Crippen LogP contribution in [-0.4, -0.2) is 30.4 Å². The molecule has 0 saturated heterocycles. The van der Waals surface area contributed by atoms with Gasteiger partial charge >= 0.3 is 12.1 Å². The van der Waals surface area contributed by atoms with Crippen LogP contribution in [0.3, 0.4) is 0 Å². The first-order valence-corrected chi connectivity index (χ1v) is 10.8. The Morgan fingerprint density at radius 3 is 2.29 bits per heavy atom. The van der Waals surface area contributed by atoms with Gasteiger partial charge in [0.25, 0.3) is 0 Å². The average Bonchev–Trinajstić information content (AvgIpc) is 2.79. The van der Waals surface area contributed by atoms with Gasteiger partial charge in [-0.05, 0) is 67.9 Å². The van der Waals surface area contributed by atoms with Gasteiger partial charge in [0.2, 0.25) is 0 Å². The van der Waals surface area contributed by atoms with Gasteiger partial charge in [-0.1, -0.05) is 18.2 Å². The van der Waals surface area contributed by atoms with Gasteiger partial charge in [-0.15, -0.1) is 0 Å². The van der Waals surface area contributed by atoms with E-state index in [-0.39, 0.29) is 24.2 Å². The maximum atomic E-state index is 13.2. The lowest BCUT2D eigenvalue weighted by Crippen LogP contribution is -2.16. The second-order valence-electron chi connectivity index (χ2n) is 7.75. The molecule has 3 aromatic rings. The lowest BCUT2D eigenvalue weighted by molar-refractivity contribution is -0.139. The maximum absolute atomic E-state index is 13.2. The molecule has 35 heavy (non-hydrogen) atoms. The summed E-state index contributed by atoms with van der Waals surface area (Å²) in [6, 6.07) is 16.6. The second-order valence-corrected chi connectivity index (χ2v) is 7.75. The van der Waals surface area contributed by atoms with Crippen molar-refractivity contribution in [3.63, 3.8) is 0 Å². The third kappa shape index (κ3) is 7.84. The monoisotopic (exact) mass is 490 g/mol. The molecule has 0 bridgehead atoms. The van der Waals surface area contributed by atoms with Crippen LogP contribution in [0.25, 0.3) is 0 Å². The first kappa shape index (κ1) is 25.7. The van der Waals surface area contributed by atoms with E-state index in [4.69, 9.17) is 24.1 Å². The Balaban J connectivity index is 1.61. The zero-order chi connectivity index (χ0) is 25.4. The molecule has 0 aliphatic rings. The van der Waals surface area contributed by atoms with Gasteiger partial charge in [-0.3, -0.25) is 0 Å². The molecule has 186 valence electrons. The Labute approximate surface area is 200 Å². The minimum atomic E-state index is -4.51. The highest BCUT2D eigenvalue weighted by Gasteiger charge is 2.31. The second kappa shape index (κ2) is 11.5. The van der Waals surface area contributed by atoms with Gasteiger partial charge in [-0.2, -0.15) is 13.2 Å². The Hall–Kier alpha value is -3.88. The molecular weight excluding hydrogens is 465 g/mol. The van der Waals surface area contributed by atoms with Gasteiger partial charge in [0.05, 0.1) is 18.3 Å². The van der Waals surface area contributed by atoms with Gasteiger partial charge in [-0.25, -0.2) is 4.79 Å². The number of aryl methyl sites for hydroxylation is 1. The molecule has 3 aromatic carbocycles. The largest absolute Gasteiger partial charge is 0.493 e. The van der Waals surface area contributed by atoms with E-state index in [2.05, 4.69) is 0 Å². The number of aliphatic carboxylic acids is 1. The number of hydrogen-bond donors (Lipinski definition) is 1. The van der Waals surface area contributed by atoms with Crippen molar-refractivity contribution in [3.8, 4) is 28.7 Å². The van der Waals surface area contributed by atoms with Gasteiger partial charge in [0.1, 0.15) is 17.2 Å². The fourth-order valence-corrected chi connectivity index (χ4v) is 3.11. The van der Waals surface area contributed by atoms with Crippen LogP contribution in [-0.2, 0) is 11.0 Å². The summed E-state index contributed by atoms with van der Waals surface area (Å²) in [7, 11) is 0. The van der Waals surface area contributed by atoms with Crippen molar-refractivity contribution in [2.24, 2.45) is 0 Å². The highest BCUT2D eigenvalue weighted by Crippen LogP contribution is 2.39. The SMILES string of the molecule is Cc1cc(OCC[C@@H](C)Oc2ccc(C(F)(F)F)cc2Oc2ccccc2)ccc1OCC(=O)O. The van der Waals surface area contributed by atoms with Crippen molar-refractivity contribution < 1.29 is 42.0 Å². The summed E-state index contributed by atoms with van der Waals surface area (Å²) in [6.07, 6.45) is -4.45. The minimum absolute atomic E-state index is 0.0358. The fourth-order valence-electron chi connectivity index (χ4n) is 3.11. The van der Waals surface area contributed by atoms with E-state index in [1.807, 2.05) is 0 Å². The topological polar surface area (TPSA) is 74.2 Å². The first-order valence-electron chi connectivity index (χ1n) is 10.8. The predicted molar refractivity (Wildman–Crippen MR) is 122 cm³/mol. The summed E-state index contributed by atoms with van der Waals surface area (Å²) in [5.74, 6) is 0.490. The minimum Gasteiger partial charge on any atom is -0.493 e. The Bertz CT molecular complexity index is 1130. The van der Waals surface area contributed by atoms with Crippen LogP contribution in [0.4, 0.5) is 13.2 Å². The van der Waals surface area contributed by atoms with Crippen molar-refractivity contribution in [1.29, 1.82) is 0 Å². The highest BCUT2D eigenvalue weighted by atomic mass is 19.4. The number of benzene rings is 3. The van der Waals surface area contributed by atoms with Crippen LogP contribution in [0.15, 0.2) is 66.7 Å². The highest BCUT2D eigenvalue weighted by molar-refractivity contribution is 5.68. The lowest BCUT2D eigenvalue weighted by atomic mass is 10.2. The normalized spacial score (nSPS) is 12.0. The van der Waals surface area contributed by atoms with Gasteiger partial charge in [0.15, 0.2) is 18.1 Å². The van der Waals surface area contributed by atoms with Crippen molar-refractivity contribution in [3.05, 3.63) is 77.9 Å². The standard InChI is InChI=1S/C26H25F3O6/c1-17-14-21(9-11-22(17)33-16-25(30)31)32-13-12-18(2)34-23-10-8-19(26(27,28)29)15-24(23)35-20-6-4-3-5-7-20/h3-11,14-15,18H,12-13,16H2,1-2H3,(H,30,31)/t18-/m1/s1. The van der Waals surface area contributed by atoms with Crippen LogP contribution in [0, 0.1) is 6.92 Å². The first-order chi connectivity index (χ1) is 16.6. The van der Waals surface area contributed by atoms with Crippen LogP contribution in [0.5, 0.6) is 28.7 Å².